The van der Waals surface area contributed by atoms with Gasteiger partial charge in [0.25, 0.3) is 0 Å². The van der Waals surface area contributed by atoms with Gasteiger partial charge in [0.15, 0.2) is 0 Å². The molecule has 0 aliphatic heterocycles. The molecule has 6 heteroatoms. The summed E-state index contributed by atoms with van der Waals surface area (Å²) in [6.07, 6.45) is 7.22. The van der Waals surface area contributed by atoms with Crippen LogP contribution in [0, 0.1) is 0 Å². The van der Waals surface area contributed by atoms with E-state index in [-0.39, 0.29) is 18.5 Å². The lowest BCUT2D eigenvalue weighted by Crippen LogP contribution is -2.23. The van der Waals surface area contributed by atoms with Crippen LogP contribution in [0.3, 0.4) is 0 Å². The number of hydrogen-bond acceptors (Lipinski definition) is 6. The van der Waals surface area contributed by atoms with Crippen molar-refractivity contribution in [2.45, 2.75) is 64.7 Å². The van der Waals surface area contributed by atoms with Gasteiger partial charge in [-0.3, -0.25) is 9.59 Å². The molecular weight excluding hydrogens is 310 g/mol. The first-order chi connectivity index (χ1) is 11.6. The van der Waals surface area contributed by atoms with Gasteiger partial charge in [-0.1, -0.05) is 19.8 Å². The van der Waals surface area contributed by atoms with Crippen molar-refractivity contribution in [3.05, 3.63) is 0 Å². The summed E-state index contributed by atoms with van der Waals surface area (Å²) >= 11 is 0. The first kappa shape index (κ1) is 22.9. The second-order valence-corrected chi connectivity index (χ2v) is 6.09. The van der Waals surface area contributed by atoms with Crippen LogP contribution in [0.5, 0.6) is 0 Å². The second-order valence-electron chi connectivity index (χ2n) is 6.09. The third-order valence-corrected chi connectivity index (χ3v) is 3.66. The van der Waals surface area contributed by atoms with Crippen molar-refractivity contribution in [1.82, 2.24) is 4.90 Å². The highest BCUT2D eigenvalue weighted by molar-refractivity contribution is 5.69. The van der Waals surface area contributed by atoms with Crippen LogP contribution in [0.4, 0.5) is 0 Å². The maximum Gasteiger partial charge on any atom is 0.307 e. The molecule has 0 rings (SSSR count). The van der Waals surface area contributed by atoms with Crippen LogP contribution in [0.1, 0.15) is 64.7 Å². The Hall–Kier alpha value is -1.14. The Balaban J connectivity index is 3.41. The first-order valence-electron chi connectivity index (χ1n) is 9.20. The minimum atomic E-state index is -0.176. The molecule has 0 aliphatic carbocycles. The van der Waals surface area contributed by atoms with Gasteiger partial charge in [0.1, 0.15) is 0 Å². The summed E-state index contributed by atoms with van der Waals surface area (Å²) in [4.78, 5) is 24.9. The van der Waals surface area contributed by atoms with Gasteiger partial charge < -0.3 is 19.5 Å². The molecule has 0 unspecified atom stereocenters. The van der Waals surface area contributed by atoms with Crippen LogP contribution in [-0.2, 0) is 19.1 Å². The Labute approximate surface area is 146 Å². The Morgan fingerprint density at radius 1 is 0.833 bits per heavy atom. The second kappa shape index (κ2) is 16.7. The predicted octanol–water partition coefficient (Wildman–Crippen LogP) is 2.53. The zero-order valence-electron chi connectivity index (χ0n) is 15.4. The minimum Gasteiger partial charge on any atom is -0.466 e. The Kier molecular flexibility index (Phi) is 15.9. The lowest BCUT2D eigenvalue weighted by atomic mass is 10.2. The molecule has 0 saturated carbocycles. The molecule has 0 spiro atoms. The summed E-state index contributed by atoms with van der Waals surface area (Å²) < 4.78 is 10.2. The molecule has 24 heavy (non-hydrogen) atoms. The number of aliphatic hydroxyl groups excluding tert-OH is 1. The number of nitrogens with zero attached hydrogens (tertiary/aromatic N) is 1. The van der Waals surface area contributed by atoms with Gasteiger partial charge in [-0.05, 0) is 45.7 Å². The van der Waals surface area contributed by atoms with Crippen molar-refractivity contribution >= 4 is 11.9 Å². The summed E-state index contributed by atoms with van der Waals surface area (Å²) in [5, 5.41) is 8.70. The highest BCUT2D eigenvalue weighted by atomic mass is 16.5. The summed E-state index contributed by atoms with van der Waals surface area (Å²) in [6, 6.07) is 0. The third-order valence-electron chi connectivity index (χ3n) is 3.66. The van der Waals surface area contributed by atoms with Crippen LogP contribution in [0.15, 0.2) is 0 Å². The SMILES string of the molecule is CCCC(=O)OCCCCOC(=O)CCN(C)CCCCCCO. The average molecular weight is 345 g/mol. The monoisotopic (exact) mass is 345 g/mol. The molecule has 0 bridgehead atoms. The van der Waals surface area contributed by atoms with Gasteiger partial charge in [0.05, 0.1) is 19.6 Å². The molecule has 0 aromatic carbocycles. The van der Waals surface area contributed by atoms with Gasteiger partial charge in [-0.2, -0.15) is 0 Å². The Morgan fingerprint density at radius 3 is 2.00 bits per heavy atom. The van der Waals surface area contributed by atoms with Crippen molar-refractivity contribution < 1.29 is 24.2 Å². The summed E-state index contributed by atoms with van der Waals surface area (Å²) in [6.45, 7) is 4.65. The van der Waals surface area contributed by atoms with E-state index >= 15 is 0 Å². The lowest BCUT2D eigenvalue weighted by Gasteiger charge is -2.15. The molecule has 0 amide bonds. The van der Waals surface area contributed by atoms with Gasteiger partial charge in [-0.15, -0.1) is 0 Å². The van der Waals surface area contributed by atoms with Crippen LogP contribution in [0.25, 0.3) is 0 Å². The molecule has 6 nitrogen and oxygen atoms in total. The van der Waals surface area contributed by atoms with Crippen molar-refractivity contribution in [3.8, 4) is 0 Å². The van der Waals surface area contributed by atoms with E-state index in [4.69, 9.17) is 14.6 Å². The highest BCUT2D eigenvalue weighted by Crippen LogP contribution is 2.02. The zero-order valence-corrected chi connectivity index (χ0v) is 15.4. The molecule has 0 heterocycles. The minimum absolute atomic E-state index is 0.158. The van der Waals surface area contributed by atoms with Crippen LogP contribution < -0.4 is 0 Å². The molecule has 142 valence electrons. The predicted molar refractivity (Wildman–Crippen MR) is 93.7 cm³/mol. The van der Waals surface area contributed by atoms with Crippen LogP contribution in [0.2, 0.25) is 0 Å². The standard InChI is InChI=1S/C18H35NO5/c1-3-10-17(21)23-15-8-9-16-24-18(22)11-13-19(2)12-6-4-5-7-14-20/h20H,3-16H2,1-2H3. The van der Waals surface area contributed by atoms with E-state index in [1.54, 1.807) is 0 Å². The Bertz CT molecular complexity index is 323. The van der Waals surface area contributed by atoms with Gasteiger partial charge in [0.2, 0.25) is 0 Å². The fourth-order valence-corrected chi connectivity index (χ4v) is 2.17. The van der Waals surface area contributed by atoms with E-state index in [1.165, 1.54) is 0 Å². The molecule has 0 saturated heterocycles. The van der Waals surface area contributed by atoms with Crippen molar-refractivity contribution in [3.63, 3.8) is 0 Å². The number of rotatable bonds is 16. The molecular formula is C18H35NO5. The van der Waals surface area contributed by atoms with Crippen molar-refractivity contribution in [2.75, 3.05) is 40.0 Å². The van der Waals surface area contributed by atoms with E-state index in [1.807, 2.05) is 14.0 Å². The number of hydrogen-bond donors (Lipinski definition) is 1. The van der Waals surface area contributed by atoms with E-state index < -0.39 is 0 Å². The van der Waals surface area contributed by atoms with Crippen LogP contribution >= 0.6 is 0 Å². The average Bonchev–Trinajstić information content (AvgIpc) is 2.56. The number of carbonyl (C=O) groups is 2. The number of carbonyl (C=O) groups excluding carboxylic acids is 2. The fourth-order valence-electron chi connectivity index (χ4n) is 2.17. The van der Waals surface area contributed by atoms with Crippen molar-refractivity contribution in [1.29, 1.82) is 0 Å². The molecule has 0 aliphatic rings. The number of unbranched alkanes of at least 4 members (excludes halogenated alkanes) is 4. The van der Waals surface area contributed by atoms with Crippen molar-refractivity contribution in [2.24, 2.45) is 0 Å². The van der Waals surface area contributed by atoms with Crippen LogP contribution in [-0.4, -0.2) is 61.9 Å². The third kappa shape index (κ3) is 15.7. The molecule has 0 atom stereocenters. The first-order valence-corrected chi connectivity index (χ1v) is 9.20. The topological polar surface area (TPSA) is 76.1 Å². The van der Waals surface area contributed by atoms with E-state index in [2.05, 4.69) is 4.90 Å². The quantitative estimate of drug-likeness (QED) is 0.342. The van der Waals surface area contributed by atoms with E-state index in [0.717, 1.165) is 45.1 Å². The smallest absolute Gasteiger partial charge is 0.307 e. The lowest BCUT2D eigenvalue weighted by molar-refractivity contribution is -0.146. The summed E-state index contributed by atoms with van der Waals surface area (Å²) in [5.74, 6) is -0.334. The highest BCUT2D eigenvalue weighted by Gasteiger charge is 2.06. The maximum atomic E-state index is 11.6. The zero-order chi connectivity index (χ0) is 18.0. The van der Waals surface area contributed by atoms with E-state index in [0.29, 0.717) is 39.0 Å². The van der Waals surface area contributed by atoms with E-state index in [9.17, 15) is 9.59 Å². The van der Waals surface area contributed by atoms with Gasteiger partial charge in [-0.25, -0.2) is 0 Å². The van der Waals surface area contributed by atoms with Gasteiger partial charge in [0, 0.05) is 19.6 Å². The summed E-state index contributed by atoms with van der Waals surface area (Å²) in [7, 11) is 2.00. The summed E-state index contributed by atoms with van der Waals surface area (Å²) in [5.41, 5.74) is 0. The largest absolute Gasteiger partial charge is 0.466 e. The number of ether oxygens (including phenoxy) is 2. The normalized spacial score (nSPS) is 10.8. The number of esters is 2. The molecule has 0 aromatic heterocycles. The fraction of sp³-hybridized carbons (Fsp3) is 0.889. The molecule has 0 aromatic rings. The maximum absolute atomic E-state index is 11.6. The number of aliphatic hydroxyl groups is 1. The Morgan fingerprint density at radius 2 is 1.42 bits per heavy atom. The van der Waals surface area contributed by atoms with Gasteiger partial charge >= 0.3 is 11.9 Å². The molecule has 1 N–H and O–H groups in total. The molecule has 0 radical (unpaired) electrons. The molecule has 0 fully saturated rings.